The van der Waals surface area contributed by atoms with Crippen molar-refractivity contribution in [3.8, 4) is 0 Å². The normalized spacial score (nSPS) is 12.5. The summed E-state index contributed by atoms with van der Waals surface area (Å²) in [7, 11) is 0. The molecule has 0 saturated carbocycles. The minimum absolute atomic E-state index is 0.0618. The maximum atomic E-state index is 14.3. The van der Waals surface area contributed by atoms with Crippen LogP contribution < -0.4 is 11.1 Å². The summed E-state index contributed by atoms with van der Waals surface area (Å²) in [5.74, 6) is -1.27. The van der Waals surface area contributed by atoms with Crippen LogP contribution in [0.4, 0.5) is 13.2 Å². The lowest BCUT2D eigenvalue weighted by atomic mass is 9.68. The van der Waals surface area contributed by atoms with Gasteiger partial charge in [-0.1, -0.05) is 103 Å². The number of nitrogens with one attached hydrogen (secondary N) is 1. The van der Waals surface area contributed by atoms with E-state index >= 15 is 0 Å². The maximum absolute atomic E-state index is 14.3. The van der Waals surface area contributed by atoms with Crippen molar-refractivity contribution in [3.63, 3.8) is 0 Å². The van der Waals surface area contributed by atoms with E-state index in [1.165, 1.54) is 12.1 Å². The molecule has 0 heterocycles. The number of halogens is 3. The van der Waals surface area contributed by atoms with Crippen molar-refractivity contribution < 1.29 is 22.8 Å². The van der Waals surface area contributed by atoms with E-state index in [9.17, 15) is 22.8 Å². The number of carbonyl (C=O) groups is 2. The van der Waals surface area contributed by atoms with Gasteiger partial charge >= 0.3 is 6.18 Å². The number of hydrogen-bond donors (Lipinski definition) is 2. The minimum Gasteiger partial charge on any atom is -0.368 e. The fourth-order valence-electron chi connectivity index (χ4n) is 4.51. The first kappa shape index (κ1) is 25.7. The average Bonchev–Trinajstić information content (AvgIpc) is 2.90. The number of benzene rings is 4. The van der Waals surface area contributed by atoms with Crippen LogP contribution in [0.2, 0.25) is 0 Å². The fourth-order valence-corrected chi connectivity index (χ4v) is 4.51. The van der Waals surface area contributed by atoms with Crippen LogP contribution in [0.25, 0.3) is 0 Å². The summed E-state index contributed by atoms with van der Waals surface area (Å²) >= 11 is 0. The Kier molecular flexibility index (Phi) is 7.43. The van der Waals surface area contributed by atoms with E-state index < -0.39 is 35.0 Å². The van der Waals surface area contributed by atoms with Gasteiger partial charge in [0.15, 0.2) is 0 Å². The second-order valence-electron chi connectivity index (χ2n) is 8.68. The Hall–Kier alpha value is -4.39. The minimum atomic E-state index is -4.48. The SMILES string of the molecule is NC(=O)[C@H](Cc1ccc(C(F)(F)F)cc1)NC(=O)C(c1ccccc1)(c1ccccc1)c1ccccc1. The third kappa shape index (κ3) is 5.40. The Labute approximate surface area is 213 Å². The van der Waals surface area contributed by atoms with Gasteiger partial charge in [0.1, 0.15) is 11.5 Å². The molecule has 0 fully saturated rings. The molecule has 37 heavy (non-hydrogen) atoms. The molecule has 0 radical (unpaired) electrons. The molecular weight excluding hydrogens is 477 g/mol. The van der Waals surface area contributed by atoms with Gasteiger partial charge in [-0.2, -0.15) is 13.2 Å². The molecule has 0 saturated heterocycles. The molecule has 1 atom stereocenters. The second kappa shape index (κ2) is 10.7. The van der Waals surface area contributed by atoms with Crippen LogP contribution in [0.1, 0.15) is 27.8 Å². The lowest BCUT2D eigenvalue weighted by Crippen LogP contribution is -2.54. The zero-order valence-corrected chi connectivity index (χ0v) is 19.8. The molecule has 0 aliphatic heterocycles. The lowest BCUT2D eigenvalue weighted by molar-refractivity contribution is -0.137. The Morgan fingerprint density at radius 1 is 0.649 bits per heavy atom. The van der Waals surface area contributed by atoms with E-state index in [2.05, 4.69) is 5.32 Å². The molecule has 4 nitrogen and oxygen atoms in total. The molecule has 3 N–H and O–H groups in total. The van der Waals surface area contributed by atoms with Crippen LogP contribution >= 0.6 is 0 Å². The molecule has 0 aliphatic rings. The first-order valence-electron chi connectivity index (χ1n) is 11.7. The number of carbonyl (C=O) groups excluding carboxylic acids is 2. The van der Waals surface area contributed by atoms with Crippen molar-refractivity contribution in [3.05, 3.63) is 143 Å². The van der Waals surface area contributed by atoms with Crippen LogP contribution in [0, 0.1) is 0 Å². The fraction of sp³-hybridized carbons (Fsp3) is 0.133. The Morgan fingerprint density at radius 3 is 1.41 bits per heavy atom. The Bertz CT molecular complexity index is 1240. The van der Waals surface area contributed by atoms with Gasteiger partial charge in [-0.05, 0) is 34.4 Å². The largest absolute Gasteiger partial charge is 0.416 e. The molecule has 188 valence electrons. The van der Waals surface area contributed by atoms with Crippen molar-refractivity contribution in [2.75, 3.05) is 0 Å². The monoisotopic (exact) mass is 502 g/mol. The standard InChI is InChI=1S/C30H25F3N2O2/c31-30(32,33)25-18-16-21(17-19-25)20-26(27(34)36)35-28(37)29(22-10-4-1-5-11-22,23-12-6-2-7-13-23)24-14-8-3-9-15-24/h1-19,26H,20H2,(H2,34,36)(H,35,37)/t26-/m0/s1. The number of rotatable bonds is 8. The van der Waals surface area contributed by atoms with Crippen molar-refractivity contribution in [1.29, 1.82) is 0 Å². The predicted octanol–water partition coefficient (Wildman–Crippen LogP) is 5.25. The molecule has 2 amide bonds. The first-order chi connectivity index (χ1) is 17.7. The van der Waals surface area contributed by atoms with Gasteiger partial charge in [-0.15, -0.1) is 0 Å². The van der Waals surface area contributed by atoms with Crippen LogP contribution in [0.15, 0.2) is 115 Å². The average molecular weight is 503 g/mol. The number of alkyl halides is 3. The lowest BCUT2D eigenvalue weighted by Gasteiger charge is -2.35. The van der Waals surface area contributed by atoms with E-state index in [4.69, 9.17) is 5.73 Å². The van der Waals surface area contributed by atoms with Crippen LogP contribution in [0.3, 0.4) is 0 Å². The van der Waals surface area contributed by atoms with Gasteiger partial charge < -0.3 is 11.1 Å². The quantitative estimate of drug-likeness (QED) is 0.323. The number of hydrogen-bond acceptors (Lipinski definition) is 2. The van der Waals surface area contributed by atoms with E-state index in [1.807, 2.05) is 91.0 Å². The molecule has 4 aromatic rings. The molecular formula is C30H25F3N2O2. The highest BCUT2D eigenvalue weighted by Gasteiger charge is 2.44. The molecule has 0 aliphatic carbocycles. The Morgan fingerprint density at radius 2 is 1.05 bits per heavy atom. The maximum Gasteiger partial charge on any atom is 0.416 e. The summed E-state index contributed by atoms with van der Waals surface area (Å²) < 4.78 is 38.9. The molecule has 7 heteroatoms. The third-order valence-corrected chi connectivity index (χ3v) is 6.33. The van der Waals surface area contributed by atoms with Gasteiger partial charge in [0, 0.05) is 6.42 Å². The Balaban J connectivity index is 1.77. The van der Waals surface area contributed by atoms with Gasteiger partial charge in [-0.3, -0.25) is 9.59 Å². The molecule has 0 unspecified atom stereocenters. The van der Waals surface area contributed by atoms with Crippen LogP contribution in [-0.2, 0) is 27.6 Å². The van der Waals surface area contributed by atoms with Gasteiger partial charge in [0.2, 0.25) is 11.8 Å². The van der Waals surface area contributed by atoms with Crippen molar-refractivity contribution in [2.45, 2.75) is 24.1 Å². The topological polar surface area (TPSA) is 72.2 Å². The van der Waals surface area contributed by atoms with E-state index in [-0.39, 0.29) is 6.42 Å². The zero-order valence-electron chi connectivity index (χ0n) is 19.8. The highest BCUT2D eigenvalue weighted by molar-refractivity contribution is 5.98. The predicted molar refractivity (Wildman–Crippen MR) is 135 cm³/mol. The molecule has 0 aromatic heterocycles. The molecule has 4 rings (SSSR count). The second-order valence-corrected chi connectivity index (χ2v) is 8.68. The van der Waals surface area contributed by atoms with Crippen molar-refractivity contribution in [1.82, 2.24) is 5.32 Å². The summed E-state index contributed by atoms with van der Waals surface area (Å²) in [6.45, 7) is 0. The zero-order chi connectivity index (χ0) is 26.5. The highest BCUT2D eigenvalue weighted by atomic mass is 19.4. The number of primary amides is 1. The van der Waals surface area contributed by atoms with Crippen LogP contribution in [0.5, 0.6) is 0 Å². The first-order valence-corrected chi connectivity index (χ1v) is 11.7. The van der Waals surface area contributed by atoms with Crippen molar-refractivity contribution >= 4 is 11.8 Å². The van der Waals surface area contributed by atoms with Gasteiger partial charge in [0.25, 0.3) is 0 Å². The highest BCUT2D eigenvalue weighted by Crippen LogP contribution is 2.39. The molecule has 0 bridgehead atoms. The van der Waals surface area contributed by atoms with Gasteiger partial charge in [-0.25, -0.2) is 0 Å². The van der Waals surface area contributed by atoms with E-state index in [0.717, 1.165) is 12.1 Å². The van der Waals surface area contributed by atoms with Gasteiger partial charge in [0.05, 0.1) is 5.56 Å². The number of amides is 2. The summed E-state index contributed by atoms with van der Waals surface area (Å²) in [6.07, 6.45) is -4.54. The molecule has 4 aromatic carbocycles. The summed E-state index contributed by atoms with van der Waals surface area (Å²) in [5.41, 5.74) is 6.02. The van der Waals surface area contributed by atoms with Crippen molar-refractivity contribution in [2.24, 2.45) is 5.73 Å². The summed E-state index contributed by atoms with van der Waals surface area (Å²) in [4.78, 5) is 26.7. The smallest absolute Gasteiger partial charge is 0.368 e. The summed E-state index contributed by atoms with van der Waals surface area (Å²) in [5, 5.41) is 2.81. The summed E-state index contributed by atoms with van der Waals surface area (Å²) in [6, 6.07) is 30.9. The van der Waals surface area contributed by atoms with E-state index in [1.54, 1.807) is 0 Å². The number of nitrogens with two attached hydrogens (primary N) is 1. The third-order valence-electron chi connectivity index (χ3n) is 6.33. The molecule has 0 spiro atoms. The van der Waals surface area contributed by atoms with Crippen LogP contribution in [-0.4, -0.2) is 17.9 Å². The van der Waals surface area contributed by atoms with E-state index in [0.29, 0.717) is 22.3 Å².